The van der Waals surface area contributed by atoms with E-state index in [2.05, 4.69) is 40.5 Å². The quantitative estimate of drug-likeness (QED) is 0.712. The summed E-state index contributed by atoms with van der Waals surface area (Å²) in [5.74, 6) is 1.93. The van der Waals surface area contributed by atoms with Crippen LogP contribution in [0.3, 0.4) is 0 Å². The van der Waals surface area contributed by atoms with Crippen molar-refractivity contribution < 1.29 is 9.18 Å². The molecule has 1 aromatic heterocycles. The van der Waals surface area contributed by atoms with E-state index in [1.165, 1.54) is 12.4 Å². The molecular weight excluding hydrogens is 393 g/mol. The number of hydrogen-bond acceptors (Lipinski definition) is 5. The van der Waals surface area contributed by atoms with E-state index in [1.54, 1.807) is 0 Å². The highest BCUT2D eigenvalue weighted by molar-refractivity contribution is 5.80. The Morgan fingerprint density at radius 1 is 1.10 bits per heavy atom. The van der Waals surface area contributed by atoms with E-state index in [0.29, 0.717) is 41.8 Å². The summed E-state index contributed by atoms with van der Waals surface area (Å²) in [5, 5.41) is 0. The van der Waals surface area contributed by atoms with Crippen molar-refractivity contribution in [2.24, 2.45) is 23.5 Å². The van der Waals surface area contributed by atoms with Crippen molar-refractivity contribution >= 4 is 11.9 Å². The van der Waals surface area contributed by atoms with Gasteiger partial charge in [-0.2, -0.15) is 0 Å². The fraction of sp³-hybridized carbons (Fsp3) is 0.792. The number of primary amides is 1. The molecule has 6 nitrogen and oxygen atoms in total. The monoisotopic (exact) mass is 431 g/mol. The number of amides is 1. The molecule has 31 heavy (non-hydrogen) atoms. The molecule has 0 aromatic carbocycles. The zero-order valence-corrected chi connectivity index (χ0v) is 19.2. The van der Waals surface area contributed by atoms with Gasteiger partial charge in [0, 0.05) is 24.7 Å². The minimum atomic E-state index is -0.394. The van der Waals surface area contributed by atoms with Gasteiger partial charge in [0.2, 0.25) is 11.9 Å². The van der Waals surface area contributed by atoms with Gasteiger partial charge in [-0.15, -0.1) is 0 Å². The van der Waals surface area contributed by atoms with Gasteiger partial charge in [0.05, 0.1) is 18.4 Å². The average molecular weight is 432 g/mol. The second-order valence-corrected chi connectivity index (χ2v) is 10.0. The number of nitrogens with zero attached hydrogens (tertiary/aromatic N) is 4. The van der Waals surface area contributed by atoms with Crippen molar-refractivity contribution in [3.8, 4) is 0 Å². The van der Waals surface area contributed by atoms with Gasteiger partial charge in [-0.05, 0) is 76.0 Å². The summed E-state index contributed by atoms with van der Waals surface area (Å²) in [6.45, 7) is 7.67. The number of carbonyl (C=O) groups excluding carboxylic acids is 1. The van der Waals surface area contributed by atoms with Crippen LogP contribution >= 0.6 is 0 Å². The zero-order valence-electron chi connectivity index (χ0n) is 19.2. The Bertz CT molecular complexity index is 741. The van der Waals surface area contributed by atoms with E-state index in [-0.39, 0.29) is 11.9 Å². The molecule has 0 bridgehead atoms. The Labute approximate surface area is 185 Å². The molecule has 2 saturated heterocycles. The Hall–Kier alpha value is -1.76. The molecular formula is C24H38FN5O. The summed E-state index contributed by atoms with van der Waals surface area (Å²) in [5.41, 5.74) is 5.90. The second-order valence-electron chi connectivity index (χ2n) is 10.0. The van der Waals surface area contributed by atoms with Gasteiger partial charge >= 0.3 is 0 Å². The Kier molecular flexibility index (Phi) is 6.80. The molecule has 1 saturated carbocycles. The number of aromatic nitrogens is 2. The Balaban J connectivity index is 1.45. The molecule has 2 N–H and O–H groups in total. The van der Waals surface area contributed by atoms with Gasteiger partial charge in [-0.3, -0.25) is 9.69 Å². The van der Waals surface area contributed by atoms with Crippen molar-refractivity contribution in [2.45, 2.75) is 96.3 Å². The summed E-state index contributed by atoms with van der Waals surface area (Å²) in [6, 6.07) is 1.14. The maximum atomic E-state index is 13.2. The van der Waals surface area contributed by atoms with Crippen LogP contribution in [0.4, 0.5) is 10.3 Å². The van der Waals surface area contributed by atoms with Crippen LogP contribution in [0.1, 0.15) is 72.1 Å². The van der Waals surface area contributed by atoms with E-state index in [9.17, 15) is 9.18 Å². The van der Waals surface area contributed by atoms with Crippen molar-refractivity contribution in [3.63, 3.8) is 0 Å². The van der Waals surface area contributed by atoms with Gasteiger partial charge in [-0.1, -0.05) is 13.8 Å². The Morgan fingerprint density at radius 3 is 2.19 bits per heavy atom. The van der Waals surface area contributed by atoms with Crippen LogP contribution in [0.15, 0.2) is 12.4 Å². The van der Waals surface area contributed by atoms with Gasteiger partial charge in [0.15, 0.2) is 5.82 Å². The molecule has 0 spiro atoms. The lowest BCUT2D eigenvalue weighted by atomic mass is 9.71. The average Bonchev–Trinajstić information content (AvgIpc) is 3.59. The predicted molar refractivity (Wildman–Crippen MR) is 120 cm³/mol. The molecule has 1 aliphatic carbocycles. The molecule has 172 valence electrons. The van der Waals surface area contributed by atoms with Gasteiger partial charge in [0.1, 0.15) is 0 Å². The lowest BCUT2D eigenvalue weighted by Crippen LogP contribution is -2.59. The van der Waals surface area contributed by atoms with Crippen LogP contribution < -0.4 is 10.6 Å². The first-order chi connectivity index (χ1) is 14.9. The van der Waals surface area contributed by atoms with Crippen molar-refractivity contribution in [3.05, 3.63) is 18.2 Å². The fourth-order valence-corrected chi connectivity index (χ4v) is 6.35. The van der Waals surface area contributed by atoms with Crippen LogP contribution in [0.2, 0.25) is 0 Å². The summed E-state index contributed by atoms with van der Waals surface area (Å²) in [6.07, 6.45) is 11.5. The molecule has 6 atom stereocenters. The van der Waals surface area contributed by atoms with Gasteiger partial charge < -0.3 is 10.6 Å². The van der Waals surface area contributed by atoms with E-state index in [4.69, 9.17) is 5.73 Å². The highest BCUT2D eigenvalue weighted by Crippen LogP contribution is 2.45. The van der Waals surface area contributed by atoms with Crippen LogP contribution in [0, 0.1) is 23.6 Å². The molecule has 1 unspecified atom stereocenters. The van der Waals surface area contributed by atoms with Crippen molar-refractivity contribution in [1.82, 2.24) is 14.9 Å². The molecule has 0 radical (unpaired) electrons. The summed E-state index contributed by atoms with van der Waals surface area (Å²) in [7, 11) is 0. The number of hydrogen-bond donors (Lipinski definition) is 1. The standard InChI is InChI=1S/C24H38FN5O/c1-4-20-11-18(12-21(5-2)30(20)22(23(26)31)16-6-7-16)17-8-9-29(15(3)10-17)24-27-13-19(25)14-28-24/h13-18,20-22H,4-12H2,1-3H3,(H2,26,31)/t15-,17-,18?,20-,21+,22+/m0/s1. The third kappa shape index (κ3) is 4.71. The highest BCUT2D eigenvalue weighted by atomic mass is 19.1. The van der Waals surface area contributed by atoms with Crippen LogP contribution in [0.5, 0.6) is 0 Å². The maximum absolute atomic E-state index is 13.2. The SMILES string of the molecule is CC[C@@H]1CC([C@H]2CCN(c3ncc(F)cn3)[C@@H](C)C2)C[C@H](CC)N1[C@@H](C(N)=O)C1CC1. The number of carbonyl (C=O) groups is 1. The zero-order chi connectivity index (χ0) is 22.1. The number of piperidine rings is 2. The van der Waals surface area contributed by atoms with Crippen LogP contribution in [0.25, 0.3) is 0 Å². The third-order valence-corrected chi connectivity index (χ3v) is 8.06. The Morgan fingerprint density at radius 2 is 1.71 bits per heavy atom. The minimum Gasteiger partial charge on any atom is -0.368 e. The molecule has 3 aliphatic rings. The number of halogens is 1. The first-order valence-corrected chi connectivity index (χ1v) is 12.2. The topological polar surface area (TPSA) is 75.3 Å². The van der Waals surface area contributed by atoms with E-state index in [0.717, 1.165) is 57.9 Å². The summed E-state index contributed by atoms with van der Waals surface area (Å²) < 4.78 is 13.2. The maximum Gasteiger partial charge on any atom is 0.235 e. The van der Waals surface area contributed by atoms with Gasteiger partial charge in [0.25, 0.3) is 0 Å². The second kappa shape index (κ2) is 9.39. The lowest BCUT2D eigenvalue weighted by molar-refractivity contribution is -0.129. The first kappa shape index (κ1) is 22.4. The lowest BCUT2D eigenvalue weighted by Gasteiger charge is -2.51. The highest BCUT2D eigenvalue weighted by Gasteiger charge is 2.47. The first-order valence-electron chi connectivity index (χ1n) is 12.2. The smallest absolute Gasteiger partial charge is 0.235 e. The summed E-state index contributed by atoms with van der Waals surface area (Å²) in [4.78, 5) is 25.5. The van der Waals surface area contributed by atoms with Crippen molar-refractivity contribution in [2.75, 3.05) is 11.4 Å². The summed E-state index contributed by atoms with van der Waals surface area (Å²) >= 11 is 0. The van der Waals surface area contributed by atoms with Crippen LogP contribution in [-0.2, 0) is 4.79 Å². The molecule has 7 heteroatoms. The number of likely N-dealkylation sites (tertiary alicyclic amines) is 1. The van der Waals surface area contributed by atoms with E-state index in [1.807, 2.05) is 0 Å². The predicted octanol–water partition coefficient (Wildman–Crippen LogP) is 3.75. The largest absolute Gasteiger partial charge is 0.368 e. The third-order valence-electron chi connectivity index (χ3n) is 8.06. The molecule has 3 fully saturated rings. The molecule has 3 heterocycles. The number of nitrogens with two attached hydrogens (primary N) is 1. The number of rotatable bonds is 7. The van der Waals surface area contributed by atoms with Gasteiger partial charge in [-0.25, -0.2) is 14.4 Å². The fourth-order valence-electron chi connectivity index (χ4n) is 6.35. The van der Waals surface area contributed by atoms with E-state index < -0.39 is 5.82 Å². The molecule has 4 rings (SSSR count). The van der Waals surface area contributed by atoms with E-state index >= 15 is 0 Å². The molecule has 1 aromatic rings. The minimum absolute atomic E-state index is 0.0766. The van der Waals surface area contributed by atoms with Crippen molar-refractivity contribution in [1.29, 1.82) is 0 Å². The van der Waals surface area contributed by atoms with Crippen LogP contribution in [-0.4, -0.2) is 51.5 Å². The molecule has 1 amide bonds. The molecule has 2 aliphatic heterocycles. The normalized spacial score (nSPS) is 33.3. The number of anilines is 1.